The maximum absolute atomic E-state index is 14.0. The van der Waals surface area contributed by atoms with Crippen LogP contribution in [0.1, 0.15) is 32.4 Å². The molecule has 1 amide bonds. The fourth-order valence-corrected chi connectivity index (χ4v) is 2.59. The Hall–Kier alpha value is -2.88. The summed E-state index contributed by atoms with van der Waals surface area (Å²) < 4.78 is 21.0. The van der Waals surface area contributed by atoms with Gasteiger partial charge in [0.2, 0.25) is 0 Å². The lowest BCUT2D eigenvalue weighted by atomic mass is 10.1. The van der Waals surface area contributed by atoms with Crippen molar-refractivity contribution in [2.75, 3.05) is 13.1 Å². The van der Waals surface area contributed by atoms with E-state index in [1.165, 1.54) is 18.2 Å². The molecule has 1 fully saturated rings. The van der Waals surface area contributed by atoms with Crippen LogP contribution in [0.4, 0.5) is 9.18 Å². The minimum Gasteiger partial charge on any atom is -0.444 e. The van der Waals surface area contributed by atoms with Crippen molar-refractivity contribution in [1.29, 1.82) is 5.26 Å². The Morgan fingerprint density at radius 1 is 1.40 bits per heavy atom. The molecule has 1 aliphatic heterocycles. The largest absolute Gasteiger partial charge is 0.444 e. The third-order valence-electron chi connectivity index (χ3n) is 3.90. The summed E-state index contributed by atoms with van der Waals surface area (Å²) in [6, 6.07) is 6.25. The zero-order chi connectivity index (χ0) is 18.2. The molecule has 0 aliphatic carbocycles. The van der Waals surface area contributed by atoms with Crippen LogP contribution in [0.5, 0.6) is 0 Å². The van der Waals surface area contributed by atoms with Gasteiger partial charge in [0, 0.05) is 30.4 Å². The van der Waals surface area contributed by atoms with Crippen LogP contribution >= 0.6 is 0 Å². The van der Waals surface area contributed by atoms with Crippen molar-refractivity contribution >= 4 is 6.09 Å². The maximum atomic E-state index is 14.0. The van der Waals surface area contributed by atoms with Gasteiger partial charge in [-0.05, 0) is 39.0 Å². The highest BCUT2D eigenvalue weighted by atomic mass is 19.1. The molecule has 1 aromatic carbocycles. The van der Waals surface area contributed by atoms with Gasteiger partial charge in [-0.2, -0.15) is 10.4 Å². The smallest absolute Gasteiger partial charge is 0.410 e. The van der Waals surface area contributed by atoms with Crippen molar-refractivity contribution < 1.29 is 13.9 Å². The van der Waals surface area contributed by atoms with Gasteiger partial charge in [-0.1, -0.05) is 0 Å². The summed E-state index contributed by atoms with van der Waals surface area (Å²) in [5, 5.41) is 13.2. The van der Waals surface area contributed by atoms with Crippen molar-refractivity contribution in [2.24, 2.45) is 0 Å². The van der Waals surface area contributed by atoms with Gasteiger partial charge in [-0.25, -0.2) is 9.18 Å². The lowest BCUT2D eigenvalue weighted by Crippen LogP contribution is -2.52. The summed E-state index contributed by atoms with van der Waals surface area (Å²) in [6.45, 7) is 6.47. The molecule has 25 heavy (non-hydrogen) atoms. The molecule has 1 aliphatic rings. The Kier molecular flexibility index (Phi) is 4.21. The zero-order valence-corrected chi connectivity index (χ0v) is 14.4. The molecule has 0 spiro atoms. The Balaban J connectivity index is 1.68. The second kappa shape index (κ2) is 6.20. The lowest BCUT2D eigenvalue weighted by Gasteiger charge is -2.39. The fourth-order valence-electron chi connectivity index (χ4n) is 2.59. The van der Waals surface area contributed by atoms with E-state index in [0.717, 1.165) is 0 Å². The molecule has 2 heterocycles. The molecule has 0 bridgehead atoms. The second-order valence-electron chi connectivity index (χ2n) is 7.05. The summed E-state index contributed by atoms with van der Waals surface area (Å²) in [7, 11) is 0. The normalized spacial score (nSPS) is 14.8. The number of carbonyl (C=O) groups is 1. The van der Waals surface area contributed by atoms with E-state index in [-0.39, 0.29) is 12.1 Å². The first-order valence-corrected chi connectivity index (χ1v) is 7.99. The topological polar surface area (TPSA) is 71.2 Å². The van der Waals surface area contributed by atoms with Crippen LogP contribution in [0.2, 0.25) is 0 Å². The van der Waals surface area contributed by atoms with E-state index in [1.54, 1.807) is 22.0 Å². The van der Waals surface area contributed by atoms with E-state index < -0.39 is 11.4 Å². The third-order valence-corrected chi connectivity index (χ3v) is 3.90. The number of ether oxygens (including phenoxy) is 1. The standard InChI is InChI=1S/C18H19FN4O2/c1-18(2,3)25-17(24)22-10-14(11-22)23-9-13(8-21-23)15-6-12(7-20)4-5-16(15)19/h4-6,8-9,14H,10-11H2,1-3H3. The quantitative estimate of drug-likeness (QED) is 0.839. The number of halogens is 1. The van der Waals surface area contributed by atoms with Crippen LogP contribution in [0, 0.1) is 17.1 Å². The molecule has 7 heteroatoms. The maximum Gasteiger partial charge on any atom is 0.410 e. The van der Waals surface area contributed by atoms with E-state index in [1.807, 2.05) is 26.8 Å². The Morgan fingerprint density at radius 3 is 2.76 bits per heavy atom. The van der Waals surface area contributed by atoms with Crippen molar-refractivity contribution in [3.63, 3.8) is 0 Å². The predicted molar refractivity (Wildman–Crippen MR) is 89.2 cm³/mol. The average molecular weight is 342 g/mol. The van der Waals surface area contributed by atoms with Crippen LogP contribution in [-0.4, -0.2) is 39.5 Å². The number of amides is 1. The molecule has 6 nitrogen and oxygen atoms in total. The van der Waals surface area contributed by atoms with Crippen LogP contribution in [0.3, 0.4) is 0 Å². The molecule has 1 aromatic heterocycles. The van der Waals surface area contributed by atoms with Gasteiger partial charge in [0.15, 0.2) is 0 Å². The number of hydrogen-bond acceptors (Lipinski definition) is 4. The number of aromatic nitrogens is 2. The molecule has 1 saturated heterocycles. The first kappa shape index (κ1) is 17.0. The number of nitriles is 1. The Bertz CT molecular complexity index is 841. The van der Waals surface area contributed by atoms with Crippen molar-refractivity contribution in [3.05, 3.63) is 42.0 Å². The number of likely N-dealkylation sites (tertiary alicyclic amines) is 1. The highest BCUT2D eigenvalue weighted by Gasteiger charge is 2.35. The molecule has 2 aromatic rings. The second-order valence-corrected chi connectivity index (χ2v) is 7.05. The summed E-state index contributed by atoms with van der Waals surface area (Å²) in [5.74, 6) is -0.400. The summed E-state index contributed by atoms with van der Waals surface area (Å²) >= 11 is 0. The van der Waals surface area contributed by atoms with Gasteiger partial charge in [0.1, 0.15) is 11.4 Å². The first-order valence-electron chi connectivity index (χ1n) is 7.99. The van der Waals surface area contributed by atoms with Gasteiger partial charge in [0.25, 0.3) is 0 Å². The van der Waals surface area contributed by atoms with Crippen molar-refractivity contribution in [1.82, 2.24) is 14.7 Å². The summed E-state index contributed by atoms with van der Waals surface area (Å²) in [6.07, 6.45) is 2.95. The molecule has 130 valence electrons. The van der Waals surface area contributed by atoms with Gasteiger partial charge in [-0.3, -0.25) is 4.68 Å². The number of carbonyl (C=O) groups excluding carboxylic acids is 1. The number of nitrogens with zero attached hydrogens (tertiary/aromatic N) is 4. The number of hydrogen-bond donors (Lipinski definition) is 0. The predicted octanol–water partition coefficient (Wildman–Crippen LogP) is 3.35. The molecule has 0 N–H and O–H groups in total. The fraction of sp³-hybridized carbons (Fsp3) is 0.389. The van der Waals surface area contributed by atoms with E-state index >= 15 is 0 Å². The van der Waals surface area contributed by atoms with Crippen LogP contribution in [0.25, 0.3) is 11.1 Å². The van der Waals surface area contributed by atoms with Gasteiger partial charge >= 0.3 is 6.09 Å². The molecule has 0 unspecified atom stereocenters. The minimum absolute atomic E-state index is 0.0310. The first-order chi connectivity index (χ1) is 11.8. The van der Waals surface area contributed by atoms with Crippen LogP contribution in [-0.2, 0) is 4.74 Å². The highest BCUT2D eigenvalue weighted by Crippen LogP contribution is 2.27. The molecular weight excluding hydrogens is 323 g/mol. The molecule has 0 atom stereocenters. The van der Waals surface area contributed by atoms with Crippen molar-refractivity contribution in [2.45, 2.75) is 32.4 Å². The van der Waals surface area contributed by atoms with Crippen LogP contribution < -0.4 is 0 Å². The van der Waals surface area contributed by atoms with E-state index in [9.17, 15) is 9.18 Å². The Morgan fingerprint density at radius 2 is 2.12 bits per heavy atom. The lowest BCUT2D eigenvalue weighted by molar-refractivity contribution is -0.000381. The number of benzene rings is 1. The van der Waals surface area contributed by atoms with Crippen LogP contribution in [0.15, 0.2) is 30.6 Å². The zero-order valence-electron chi connectivity index (χ0n) is 14.4. The van der Waals surface area contributed by atoms with Crippen molar-refractivity contribution in [3.8, 4) is 17.2 Å². The Labute approximate surface area is 145 Å². The summed E-state index contributed by atoms with van der Waals surface area (Å²) in [5.41, 5.74) is 0.812. The molecule has 0 radical (unpaired) electrons. The van der Waals surface area contributed by atoms with Gasteiger partial charge in [0.05, 0.1) is 23.9 Å². The van der Waals surface area contributed by atoms with E-state index in [2.05, 4.69) is 5.10 Å². The average Bonchev–Trinajstić information content (AvgIpc) is 2.93. The monoisotopic (exact) mass is 342 g/mol. The SMILES string of the molecule is CC(C)(C)OC(=O)N1CC(n2cc(-c3cc(C#N)ccc3F)cn2)C1. The van der Waals surface area contributed by atoms with Gasteiger partial charge in [-0.15, -0.1) is 0 Å². The molecule has 0 saturated carbocycles. The summed E-state index contributed by atoms with van der Waals surface area (Å²) in [4.78, 5) is 13.6. The highest BCUT2D eigenvalue weighted by molar-refractivity contribution is 5.69. The molecule has 3 rings (SSSR count). The van der Waals surface area contributed by atoms with E-state index in [4.69, 9.17) is 10.00 Å². The van der Waals surface area contributed by atoms with E-state index in [0.29, 0.717) is 29.8 Å². The van der Waals surface area contributed by atoms with Gasteiger partial charge < -0.3 is 9.64 Å². The molecular formula is C18H19FN4O2. The number of rotatable bonds is 2. The third kappa shape index (κ3) is 3.63. The minimum atomic E-state index is -0.523.